The number of carbonyl (C=O) groups is 1. The average molecular weight is 462 g/mol. The fourth-order valence-electron chi connectivity index (χ4n) is 3.18. The summed E-state index contributed by atoms with van der Waals surface area (Å²) >= 11 is 0. The predicted molar refractivity (Wildman–Crippen MR) is 126 cm³/mol. The quantitative estimate of drug-likeness (QED) is 0.300. The molecule has 7 heteroatoms. The van der Waals surface area contributed by atoms with Crippen LogP contribution in [-0.4, -0.2) is 20.3 Å². The zero-order valence-corrected chi connectivity index (χ0v) is 19.3. The first-order valence-corrected chi connectivity index (χ1v) is 11.8. The van der Waals surface area contributed by atoms with Crippen molar-refractivity contribution in [3.8, 4) is 5.75 Å². The SMILES string of the molecule is CC(C)(C)c1ccc(C2=N/C(=C\c3ccc(OS(=O)(=O)c4ccccc4)cc3)C(=O)O2)cc1. The Morgan fingerprint density at radius 1 is 0.879 bits per heavy atom. The van der Waals surface area contributed by atoms with Gasteiger partial charge in [-0.15, -0.1) is 0 Å². The Bertz CT molecular complexity index is 1330. The molecule has 1 aliphatic rings. The Labute approximate surface area is 193 Å². The maximum absolute atomic E-state index is 12.3. The highest BCUT2D eigenvalue weighted by molar-refractivity contribution is 7.87. The summed E-state index contributed by atoms with van der Waals surface area (Å²) in [6.07, 6.45) is 1.58. The Morgan fingerprint density at radius 3 is 2.12 bits per heavy atom. The molecule has 0 spiro atoms. The van der Waals surface area contributed by atoms with Crippen molar-refractivity contribution in [2.75, 3.05) is 0 Å². The van der Waals surface area contributed by atoms with E-state index in [1.807, 2.05) is 24.3 Å². The molecule has 0 fully saturated rings. The first-order chi connectivity index (χ1) is 15.6. The summed E-state index contributed by atoms with van der Waals surface area (Å²) in [4.78, 5) is 16.7. The average Bonchev–Trinajstić information content (AvgIpc) is 3.15. The van der Waals surface area contributed by atoms with Crippen molar-refractivity contribution in [2.24, 2.45) is 4.99 Å². The van der Waals surface area contributed by atoms with Crippen molar-refractivity contribution in [3.63, 3.8) is 0 Å². The summed E-state index contributed by atoms with van der Waals surface area (Å²) in [7, 11) is -3.92. The van der Waals surface area contributed by atoms with Crippen LogP contribution in [0, 0.1) is 0 Å². The lowest BCUT2D eigenvalue weighted by molar-refractivity contribution is -0.129. The second-order valence-corrected chi connectivity index (χ2v) is 10.1. The van der Waals surface area contributed by atoms with Gasteiger partial charge in [-0.25, -0.2) is 9.79 Å². The molecule has 0 unspecified atom stereocenters. The van der Waals surface area contributed by atoms with E-state index in [0.29, 0.717) is 5.56 Å². The van der Waals surface area contributed by atoms with Crippen LogP contribution in [0.15, 0.2) is 94.4 Å². The number of esters is 1. The van der Waals surface area contributed by atoms with E-state index < -0.39 is 16.1 Å². The van der Waals surface area contributed by atoms with Gasteiger partial charge in [-0.1, -0.05) is 63.2 Å². The van der Waals surface area contributed by atoms with Gasteiger partial charge in [0, 0.05) is 5.56 Å². The lowest BCUT2D eigenvalue weighted by atomic mass is 9.87. The lowest BCUT2D eigenvalue weighted by Gasteiger charge is -2.18. The molecule has 0 saturated carbocycles. The van der Waals surface area contributed by atoms with E-state index in [9.17, 15) is 13.2 Å². The number of hydrogen-bond acceptors (Lipinski definition) is 6. The van der Waals surface area contributed by atoms with Gasteiger partial charge in [0.2, 0.25) is 5.90 Å². The zero-order chi connectivity index (χ0) is 23.6. The van der Waals surface area contributed by atoms with Gasteiger partial charge in [-0.3, -0.25) is 0 Å². The highest BCUT2D eigenvalue weighted by Gasteiger charge is 2.25. The molecule has 168 valence electrons. The van der Waals surface area contributed by atoms with E-state index in [0.717, 1.165) is 5.56 Å². The summed E-state index contributed by atoms with van der Waals surface area (Å²) in [5.74, 6) is -0.129. The largest absolute Gasteiger partial charge is 0.402 e. The number of cyclic esters (lactones) is 1. The highest BCUT2D eigenvalue weighted by atomic mass is 32.2. The van der Waals surface area contributed by atoms with Crippen LogP contribution >= 0.6 is 0 Å². The van der Waals surface area contributed by atoms with Crippen LogP contribution in [0.3, 0.4) is 0 Å². The topological polar surface area (TPSA) is 82.0 Å². The van der Waals surface area contributed by atoms with Gasteiger partial charge >= 0.3 is 16.1 Å². The van der Waals surface area contributed by atoms with Gasteiger partial charge in [0.15, 0.2) is 5.70 Å². The molecule has 6 nitrogen and oxygen atoms in total. The number of ether oxygens (including phenoxy) is 1. The van der Waals surface area contributed by atoms with Gasteiger partial charge < -0.3 is 8.92 Å². The molecule has 0 atom stereocenters. The summed E-state index contributed by atoms with van der Waals surface area (Å²) < 4.78 is 35.2. The maximum Gasteiger partial charge on any atom is 0.363 e. The molecule has 0 N–H and O–H groups in total. The van der Waals surface area contributed by atoms with Crippen molar-refractivity contribution >= 4 is 28.1 Å². The molecule has 0 aliphatic carbocycles. The molecule has 0 radical (unpaired) electrons. The molecule has 0 amide bonds. The van der Waals surface area contributed by atoms with Crippen LogP contribution < -0.4 is 4.18 Å². The van der Waals surface area contributed by atoms with E-state index in [1.165, 1.54) is 29.8 Å². The molecule has 0 aromatic heterocycles. The molecule has 3 aromatic carbocycles. The van der Waals surface area contributed by atoms with Crippen LogP contribution in [0.5, 0.6) is 5.75 Å². The minimum Gasteiger partial charge on any atom is -0.402 e. The lowest BCUT2D eigenvalue weighted by Crippen LogP contribution is -2.11. The van der Waals surface area contributed by atoms with Crippen LogP contribution in [0.4, 0.5) is 0 Å². The molecule has 1 heterocycles. The van der Waals surface area contributed by atoms with Crippen LogP contribution in [0.25, 0.3) is 6.08 Å². The number of hydrogen-bond donors (Lipinski definition) is 0. The Kier molecular flexibility index (Phi) is 5.91. The third-order valence-electron chi connectivity index (χ3n) is 5.04. The summed E-state index contributed by atoms with van der Waals surface area (Å²) in [5, 5.41) is 0. The fourth-order valence-corrected chi connectivity index (χ4v) is 4.14. The Morgan fingerprint density at radius 2 is 1.52 bits per heavy atom. The van der Waals surface area contributed by atoms with Gasteiger partial charge in [0.05, 0.1) is 0 Å². The van der Waals surface area contributed by atoms with E-state index in [1.54, 1.807) is 36.4 Å². The molecule has 1 aliphatic heterocycles. The summed E-state index contributed by atoms with van der Waals surface area (Å²) in [5.41, 5.74) is 2.72. The monoisotopic (exact) mass is 461 g/mol. The van der Waals surface area contributed by atoms with Crippen molar-refractivity contribution in [3.05, 3.63) is 101 Å². The number of benzene rings is 3. The fraction of sp³-hybridized carbons (Fsp3) is 0.154. The van der Waals surface area contributed by atoms with Gasteiger partial charge in [-0.2, -0.15) is 8.42 Å². The number of rotatable bonds is 5. The minimum atomic E-state index is -3.92. The molecule has 3 aromatic rings. The maximum atomic E-state index is 12.3. The molecule has 0 bridgehead atoms. The normalized spacial score (nSPS) is 15.3. The van der Waals surface area contributed by atoms with Gasteiger partial charge in [-0.05, 0) is 59.0 Å². The van der Waals surface area contributed by atoms with Gasteiger partial charge in [0.25, 0.3) is 0 Å². The van der Waals surface area contributed by atoms with E-state index in [4.69, 9.17) is 8.92 Å². The molecular formula is C26H23NO5S. The molecular weight excluding hydrogens is 438 g/mol. The third-order valence-corrected chi connectivity index (χ3v) is 6.30. The summed E-state index contributed by atoms with van der Waals surface area (Å²) in [6.45, 7) is 6.39. The second-order valence-electron chi connectivity index (χ2n) is 8.58. The van der Waals surface area contributed by atoms with E-state index >= 15 is 0 Å². The zero-order valence-electron chi connectivity index (χ0n) is 18.5. The number of aliphatic imine (C=N–C) groups is 1. The first kappa shape index (κ1) is 22.5. The van der Waals surface area contributed by atoms with Crippen molar-refractivity contribution in [1.82, 2.24) is 0 Å². The second kappa shape index (κ2) is 8.67. The minimum absolute atomic E-state index is 0.0219. The molecule has 0 saturated heterocycles. The summed E-state index contributed by atoms with van der Waals surface area (Å²) in [6, 6.07) is 22.0. The standard InChI is InChI=1S/C26H23NO5S/c1-26(2,3)20-13-11-19(12-14-20)24-27-23(25(28)31-24)17-18-9-15-21(16-10-18)32-33(29,30)22-7-5-4-6-8-22/h4-17H,1-3H3/b23-17-. The Balaban J connectivity index is 1.51. The van der Waals surface area contributed by atoms with Gasteiger partial charge in [0.1, 0.15) is 10.6 Å². The van der Waals surface area contributed by atoms with E-state index in [-0.39, 0.29) is 27.7 Å². The van der Waals surface area contributed by atoms with E-state index in [2.05, 4.69) is 25.8 Å². The number of nitrogens with zero attached hydrogens (tertiary/aromatic N) is 1. The van der Waals surface area contributed by atoms with Crippen LogP contribution in [0.1, 0.15) is 37.5 Å². The Hall–Kier alpha value is -3.71. The van der Waals surface area contributed by atoms with Crippen molar-refractivity contribution in [2.45, 2.75) is 31.1 Å². The molecule has 33 heavy (non-hydrogen) atoms. The van der Waals surface area contributed by atoms with Crippen molar-refractivity contribution < 1.29 is 22.1 Å². The highest BCUT2D eigenvalue weighted by Crippen LogP contribution is 2.25. The first-order valence-electron chi connectivity index (χ1n) is 10.3. The third kappa shape index (κ3) is 5.21. The molecule has 4 rings (SSSR count). The smallest absolute Gasteiger partial charge is 0.363 e. The predicted octanol–water partition coefficient (Wildman–Crippen LogP) is 5.10. The number of carbonyl (C=O) groups excluding carboxylic acids is 1. The van der Waals surface area contributed by atoms with Crippen LogP contribution in [0.2, 0.25) is 0 Å². The van der Waals surface area contributed by atoms with Crippen molar-refractivity contribution in [1.29, 1.82) is 0 Å². The van der Waals surface area contributed by atoms with Crippen LogP contribution in [-0.2, 0) is 25.1 Å².